The number of halogens is 1. The quantitative estimate of drug-likeness (QED) is 0.647. The average molecular weight is 489 g/mol. The van der Waals surface area contributed by atoms with Crippen LogP contribution in [-0.2, 0) is 21.2 Å². The molecule has 4 rings (SSSR count). The van der Waals surface area contributed by atoms with E-state index in [0.717, 1.165) is 57.7 Å². The monoisotopic (exact) mass is 488 g/mol. The first-order valence-electron chi connectivity index (χ1n) is 12.0. The molecule has 0 radical (unpaired) electrons. The van der Waals surface area contributed by atoms with Crippen LogP contribution in [0.5, 0.6) is 0 Å². The second-order valence-electron chi connectivity index (χ2n) is 8.92. The van der Waals surface area contributed by atoms with E-state index in [1.165, 1.54) is 16.4 Å². The molecular formula is C25H33FN4O3S. The van der Waals surface area contributed by atoms with Crippen LogP contribution in [0.2, 0.25) is 0 Å². The molecule has 0 bridgehead atoms. The lowest BCUT2D eigenvalue weighted by Gasteiger charge is -2.36. The van der Waals surface area contributed by atoms with Crippen molar-refractivity contribution in [2.24, 2.45) is 0 Å². The predicted molar refractivity (Wildman–Crippen MR) is 132 cm³/mol. The third-order valence-electron chi connectivity index (χ3n) is 6.61. The summed E-state index contributed by atoms with van der Waals surface area (Å²) < 4.78 is 41.6. The number of anilines is 2. The highest BCUT2D eigenvalue weighted by Gasteiger charge is 2.28. The number of hydrogen-bond donors (Lipinski definition) is 1. The van der Waals surface area contributed by atoms with E-state index in [9.17, 15) is 17.6 Å². The van der Waals surface area contributed by atoms with Crippen LogP contribution in [0.1, 0.15) is 31.7 Å². The van der Waals surface area contributed by atoms with Gasteiger partial charge in [0.25, 0.3) is 0 Å². The molecule has 0 aromatic heterocycles. The lowest BCUT2D eigenvalue weighted by atomic mass is 10.1. The fraction of sp³-hybridized carbons (Fsp3) is 0.480. The molecule has 184 valence electrons. The smallest absolute Gasteiger partial charge is 0.243 e. The van der Waals surface area contributed by atoms with Gasteiger partial charge in [0.2, 0.25) is 15.9 Å². The molecule has 1 amide bonds. The van der Waals surface area contributed by atoms with Gasteiger partial charge in [0.05, 0.1) is 22.7 Å². The van der Waals surface area contributed by atoms with Crippen molar-refractivity contribution in [3.05, 3.63) is 53.8 Å². The number of carbonyl (C=O) groups excluding carboxylic acids is 1. The number of piperidine rings is 1. The Morgan fingerprint density at radius 2 is 1.71 bits per heavy atom. The van der Waals surface area contributed by atoms with Crippen molar-refractivity contribution in [1.29, 1.82) is 0 Å². The van der Waals surface area contributed by atoms with Crippen LogP contribution in [0.3, 0.4) is 0 Å². The van der Waals surface area contributed by atoms with Crippen molar-refractivity contribution in [2.75, 3.05) is 56.0 Å². The molecule has 34 heavy (non-hydrogen) atoms. The number of piperazine rings is 1. The molecule has 2 aliphatic heterocycles. The topological polar surface area (TPSA) is 73.0 Å². The molecule has 2 aromatic carbocycles. The Hall–Kier alpha value is -2.49. The highest BCUT2D eigenvalue weighted by atomic mass is 32.2. The van der Waals surface area contributed by atoms with Crippen molar-refractivity contribution in [3.63, 3.8) is 0 Å². The summed E-state index contributed by atoms with van der Waals surface area (Å²) in [6.07, 6.45) is 2.76. The number of amides is 1. The summed E-state index contributed by atoms with van der Waals surface area (Å²) in [5, 5.41) is 2.92. The summed E-state index contributed by atoms with van der Waals surface area (Å²) >= 11 is 0. The minimum absolute atomic E-state index is 0.00388. The first-order valence-corrected chi connectivity index (χ1v) is 13.5. The highest BCUT2D eigenvalue weighted by Crippen LogP contribution is 2.32. The van der Waals surface area contributed by atoms with E-state index in [2.05, 4.69) is 22.0 Å². The number of rotatable bonds is 7. The third-order valence-corrected chi connectivity index (χ3v) is 8.50. The molecule has 0 unspecified atom stereocenters. The van der Waals surface area contributed by atoms with E-state index in [-0.39, 0.29) is 17.2 Å². The zero-order valence-corrected chi connectivity index (χ0v) is 20.5. The van der Waals surface area contributed by atoms with Gasteiger partial charge in [-0.15, -0.1) is 0 Å². The van der Waals surface area contributed by atoms with Gasteiger partial charge in [0.15, 0.2) is 0 Å². The molecule has 2 aliphatic rings. The normalized spacial score (nSPS) is 18.1. The minimum atomic E-state index is -3.64. The molecule has 2 heterocycles. The second kappa shape index (κ2) is 10.8. The van der Waals surface area contributed by atoms with Crippen molar-refractivity contribution >= 4 is 27.3 Å². The Morgan fingerprint density at radius 1 is 0.971 bits per heavy atom. The maximum atomic E-state index is 13.6. The first-order chi connectivity index (χ1) is 16.4. The first kappa shape index (κ1) is 24.6. The summed E-state index contributed by atoms with van der Waals surface area (Å²) in [5.74, 6) is -0.707. The van der Waals surface area contributed by atoms with Crippen molar-refractivity contribution in [3.8, 4) is 0 Å². The Balaban J connectivity index is 1.61. The molecule has 0 aliphatic carbocycles. The average Bonchev–Trinajstić information content (AvgIpc) is 2.84. The lowest BCUT2D eigenvalue weighted by Crippen LogP contribution is -2.46. The van der Waals surface area contributed by atoms with E-state index in [4.69, 9.17) is 0 Å². The number of nitrogens with one attached hydrogen (secondary N) is 1. The molecule has 0 atom stereocenters. The number of sulfonamides is 1. The molecule has 9 heteroatoms. The van der Waals surface area contributed by atoms with Crippen molar-refractivity contribution in [1.82, 2.24) is 9.21 Å². The van der Waals surface area contributed by atoms with Crippen LogP contribution in [0, 0.1) is 5.82 Å². The predicted octanol–water partition coefficient (Wildman–Crippen LogP) is 3.32. The number of carbonyl (C=O) groups is 1. The van der Waals surface area contributed by atoms with Gasteiger partial charge in [-0.05, 0) is 55.3 Å². The van der Waals surface area contributed by atoms with Crippen LogP contribution in [0.25, 0.3) is 0 Å². The molecule has 2 aromatic rings. The van der Waals surface area contributed by atoms with E-state index in [1.807, 2.05) is 0 Å². The van der Waals surface area contributed by atoms with Crippen molar-refractivity contribution < 1.29 is 17.6 Å². The van der Waals surface area contributed by atoms with Gasteiger partial charge in [-0.2, -0.15) is 4.31 Å². The van der Waals surface area contributed by atoms with Gasteiger partial charge < -0.3 is 15.1 Å². The largest absolute Gasteiger partial charge is 0.367 e. The summed E-state index contributed by atoms with van der Waals surface area (Å²) in [4.78, 5) is 17.6. The van der Waals surface area contributed by atoms with Gasteiger partial charge in [-0.25, -0.2) is 12.8 Å². The summed E-state index contributed by atoms with van der Waals surface area (Å²) in [6, 6.07) is 11.0. The van der Waals surface area contributed by atoms with E-state index >= 15 is 0 Å². The second-order valence-corrected chi connectivity index (χ2v) is 10.9. The Morgan fingerprint density at radius 3 is 2.38 bits per heavy atom. The maximum absolute atomic E-state index is 13.6. The Labute approximate surface area is 201 Å². The number of benzene rings is 2. The van der Waals surface area contributed by atoms with Gasteiger partial charge in [-0.1, -0.05) is 25.5 Å². The number of hydrogen-bond acceptors (Lipinski definition) is 5. The van der Waals surface area contributed by atoms with Gasteiger partial charge in [0, 0.05) is 39.3 Å². The summed E-state index contributed by atoms with van der Waals surface area (Å²) in [7, 11) is -3.64. The fourth-order valence-electron chi connectivity index (χ4n) is 4.64. The zero-order valence-electron chi connectivity index (χ0n) is 19.7. The summed E-state index contributed by atoms with van der Waals surface area (Å²) in [6.45, 7) is 7.54. The minimum Gasteiger partial charge on any atom is -0.367 e. The zero-order chi connectivity index (χ0) is 24.1. The number of nitrogens with zero attached hydrogens (tertiary/aromatic N) is 3. The molecule has 1 N–H and O–H groups in total. The van der Waals surface area contributed by atoms with Crippen LogP contribution in [0.4, 0.5) is 15.8 Å². The SMILES string of the molecule is CCN1CCN(c2ccc(S(=O)(=O)N3CCCCC3)cc2NC(=O)Cc2cccc(F)c2)CC1. The van der Waals surface area contributed by atoms with Gasteiger partial charge in [0.1, 0.15) is 5.82 Å². The Bertz CT molecular complexity index is 1110. The standard InChI is InChI=1S/C25H33FN4O3S/c1-2-28-13-15-29(16-14-28)24-10-9-22(34(32,33)30-11-4-3-5-12-30)19-23(24)27-25(31)18-20-7-6-8-21(26)17-20/h6-10,17,19H,2-5,11-16,18H2,1H3,(H,27,31). The van der Waals surface area contributed by atoms with Gasteiger partial charge in [-0.3, -0.25) is 4.79 Å². The van der Waals surface area contributed by atoms with Gasteiger partial charge >= 0.3 is 0 Å². The number of likely N-dealkylation sites (N-methyl/N-ethyl adjacent to an activating group) is 1. The lowest BCUT2D eigenvalue weighted by molar-refractivity contribution is -0.115. The van der Waals surface area contributed by atoms with E-state index in [1.54, 1.807) is 30.3 Å². The van der Waals surface area contributed by atoms with Crippen LogP contribution >= 0.6 is 0 Å². The van der Waals surface area contributed by atoms with Crippen LogP contribution in [-0.4, -0.2) is 69.3 Å². The summed E-state index contributed by atoms with van der Waals surface area (Å²) in [5.41, 5.74) is 1.85. The van der Waals surface area contributed by atoms with Crippen LogP contribution in [0.15, 0.2) is 47.4 Å². The molecule has 2 saturated heterocycles. The van der Waals surface area contributed by atoms with E-state index in [0.29, 0.717) is 24.3 Å². The molecule has 0 spiro atoms. The molecule has 0 saturated carbocycles. The van der Waals surface area contributed by atoms with E-state index < -0.39 is 15.8 Å². The highest BCUT2D eigenvalue weighted by molar-refractivity contribution is 7.89. The molecular weight excluding hydrogens is 455 g/mol. The Kier molecular flexibility index (Phi) is 7.85. The molecule has 7 nitrogen and oxygen atoms in total. The molecule has 2 fully saturated rings. The third kappa shape index (κ3) is 5.76. The van der Waals surface area contributed by atoms with Crippen molar-refractivity contribution in [2.45, 2.75) is 37.5 Å². The maximum Gasteiger partial charge on any atom is 0.243 e. The fourth-order valence-corrected chi connectivity index (χ4v) is 6.18. The van der Waals surface area contributed by atoms with Crippen LogP contribution < -0.4 is 10.2 Å².